The number of carbonyl (C=O) groups excluding carboxylic acids is 2. The van der Waals surface area contributed by atoms with E-state index in [1.54, 1.807) is 18.2 Å². The molecular formula is C17H13ClO5. The maximum atomic E-state index is 12.3. The molecule has 0 aliphatic carbocycles. The second-order valence-electron chi connectivity index (χ2n) is 5.08. The van der Waals surface area contributed by atoms with Crippen molar-refractivity contribution in [2.45, 2.75) is 19.2 Å². The van der Waals surface area contributed by atoms with Crippen molar-refractivity contribution in [1.29, 1.82) is 0 Å². The van der Waals surface area contributed by atoms with E-state index >= 15 is 0 Å². The molecule has 0 saturated carbocycles. The minimum absolute atomic E-state index is 0.156. The van der Waals surface area contributed by atoms with Crippen LogP contribution in [0.5, 0.6) is 11.5 Å². The van der Waals surface area contributed by atoms with Gasteiger partial charge in [-0.1, -0.05) is 0 Å². The Morgan fingerprint density at radius 1 is 1.30 bits per heavy atom. The lowest BCUT2D eigenvalue weighted by atomic mass is 10.1. The molecule has 0 saturated heterocycles. The number of esters is 1. The number of ether oxygens (including phenoxy) is 2. The zero-order chi connectivity index (χ0) is 16.6. The van der Waals surface area contributed by atoms with Gasteiger partial charge in [-0.25, -0.2) is 0 Å². The van der Waals surface area contributed by atoms with E-state index < -0.39 is 11.3 Å². The summed E-state index contributed by atoms with van der Waals surface area (Å²) in [6.07, 6.45) is 1.53. The number of Topliss-reactive ketones (excluding diaryl/α,β-unsaturated/α-hetero) is 1. The SMILES string of the molecule is Cc1ccc(/C=C2\Oc3cc(OC(=O)C(C)Cl)ccc3C2=O)o1. The minimum Gasteiger partial charge on any atom is -0.462 e. The number of allylic oxidation sites excluding steroid dienone is 1. The number of fused-ring (bicyclic) bond motifs is 1. The first kappa shape index (κ1) is 15.4. The van der Waals surface area contributed by atoms with Gasteiger partial charge in [-0.15, -0.1) is 11.6 Å². The summed E-state index contributed by atoms with van der Waals surface area (Å²) in [6.45, 7) is 3.33. The van der Waals surface area contributed by atoms with Crippen LogP contribution in [0, 0.1) is 6.92 Å². The van der Waals surface area contributed by atoms with Gasteiger partial charge in [0.1, 0.15) is 28.4 Å². The molecule has 1 atom stereocenters. The summed E-state index contributed by atoms with van der Waals surface area (Å²) >= 11 is 5.65. The Morgan fingerprint density at radius 2 is 2.09 bits per heavy atom. The number of rotatable bonds is 3. The number of benzene rings is 1. The zero-order valence-electron chi connectivity index (χ0n) is 12.5. The number of alkyl halides is 1. The van der Waals surface area contributed by atoms with Crippen molar-refractivity contribution in [2.75, 3.05) is 0 Å². The Kier molecular flexibility index (Phi) is 3.96. The van der Waals surface area contributed by atoms with Crippen LogP contribution in [0.3, 0.4) is 0 Å². The molecule has 0 spiro atoms. The molecule has 2 aromatic rings. The van der Waals surface area contributed by atoms with Crippen molar-refractivity contribution in [2.24, 2.45) is 0 Å². The van der Waals surface area contributed by atoms with Crippen LogP contribution < -0.4 is 9.47 Å². The predicted molar refractivity (Wildman–Crippen MR) is 83.8 cm³/mol. The smallest absolute Gasteiger partial charge is 0.329 e. The van der Waals surface area contributed by atoms with Crippen LogP contribution in [-0.2, 0) is 4.79 Å². The van der Waals surface area contributed by atoms with Crippen molar-refractivity contribution in [3.63, 3.8) is 0 Å². The summed E-state index contributed by atoms with van der Waals surface area (Å²) in [5.74, 6) is 1.20. The van der Waals surface area contributed by atoms with Gasteiger partial charge in [-0.3, -0.25) is 9.59 Å². The van der Waals surface area contributed by atoms with Gasteiger partial charge in [0.2, 0.25) is 5.78 Å². The number of hydrogen-bond donors (Lipinski definition) is 0. The van der Waals surface area contributed by atoms with E-state index in [0.717, 1.165) is 5.76 Å². The second-order valence-corrected chi connectivity index (χ2v) is 5.74. The zero-order valence-corrected chi connectivity index (χ0v) is 13.2. The molecule has 1 aliphatic rings. The molecule has 1 unspecified atom stereocenters. The number of furan rings is 1. The average Bonchev–Trinajstić information content (AvgIpc) is 3.03. The maximum Gasteiger partial charge on any atom is 0.329 e. The van der Waals surface area contributed by atoms with Gasteiger partial charge in [-0.05, 0) is 38.1 Å². The lowest BCUT2D eigenvalue weighted by Gasteiger charge is -2.06. The fourth-order valence-electron chi connectivity index (χ4n) is 2.09. The Balaban J connectivity index is 1.85. The standard InChI is InChI=1S/C17H13ClO5/c1-9-3-4-11(21-9)8-15-16(19)13-6-5-12(7-14(13)23-15)22-17(20)10(2)18/h3-8,10H,1-2H3/b15-8-. The van der Waals surface area contributed by atoms with Crippen LogP contribution in [0.1, 0.15) is 28.8 Å². The molecule has 0 N–H and O–H groups in total. The Morgan fingerprint density at radius 3 is 2.74 bits per heavy atom. The number of ketones is 1. The number of hydrogen-bond acceptors (Lipinski definition) is 5. The molecule has 1 aliphatic heterocycles. The summed E-state index contributed by atoms with van der Waals surface area (Å²) in [7, 11) is 0. The molecule has 118 valence electrons. The van der Waals surface area contributed by atoms with Crippen LogP contribution >= 0.6 is 11.6 Å². The van der Waals surface area contributed by atoms with Gasteiger partial charge >= 0.3 is 5.97 Å². The highest BCUT2D eigenvalue weighted by atomic mass is 35.5. The Labute approximate surface area is 137 Å². The Hall–Kier alpha value is -2.53. The van der Waals surface area contributed by atoms with E-state index in [9.17, 15) is 9.59 Å². The average molecular weight is 333 g/mol. The first-order chi connectivity index (χ1) is 10.9. The van der Waals surface area contributed by atoms with Gasteiger partial charge in [0.25, 0.3) is 0 Å². The monoisotopic (exact) mass is 332 g/mol. The van der Waals surface area contributed by atoms with Crippen molar-refractivity contribution in [1.82, 2.24) is 0 Å². The molecule has 3 rings (SSSR count). The second kappa shape index (κ2) is 5.93. The fourth-order valence-corrected chi connectivity index (χ4v) is 2.13. The summed E-state index contributed by atoms with van der Waals surface area (Å²) in [4.78, 5) is 23.8. The summed E-state index contributed by atoms with van der Waals surface area (Å²) in [6, 6.07) is 8.10. The van der Waals surface area contributed by atoms with Crippen molar-refractivity contribution in [3.8, 4) is 11.5 Å². The summed E-state index contributed by atoms with van der Waals surface area (Å²) in [5.41, 5.74) is 0.401. The van der Waals surface area contributed by atoms with Crippen LogP contribution in [-0.4, -0.2) is 17.1 Å². The highest BCUT2D eigenvalue weighted by Crippen LogP contribution is 2.35. The van der Waals surface area contributed by atoms with Crippen LogP contribution in [0.2, 0.25) is 0 Å². The van der Waals surface area contributed by atoms with Crippen LogP contribution in [0.4, 0.5) is 0 Å². The van der Waals surface area contributed by atoms with E-state index in [-0.39, 0.29) is 17.3 Å². The topological polar surface area (TPSA) is 65.7 Å². The van der Waals surface area contributed by atoms with E-state index in [1.807, 2.05) is 6.92 Å². The third-order valence-corrected chi connectivity index (χ3v) is 3.40. The molecular weight excluding hydrogens is 320 g/mol. The molecule has 5 nitrogen and oxygen atoms in total. The number of aryl methyl sites for hydroxylation is 1. The molecule has 1 aromatic carbocycles. The minimum atomic E-state index is -0.761. The maximum absolute atomic E-state index is 12.3. The van der Waals surface area contributed by atoms with E-state index in [2.05, 4.69) is 0 Å². The largest absolute Gasteiger partial charge is 0.462 e. The molecule has 0 radical (unpaired) electrons. The summed E-state index contributed by atoms with van der Waals surface area (Å²) in [5, 5.41) is -0.761. The molecule has 2 heterocycles. The summed E-state index contributed by atoms with van der Waals surface area (Å²) < 4.78 is 16.0. The molecule has 0 amide bonds. The lowest BCUT2D eigenvalue weighted by molar-refractivity contribution is -0.133. The Bertz CT molecular complexity index is 816. The van der Waals surface area contributed by atoms with Gasteiger partial charge in [0.05, 0.1) is 5.56 Å². The van der Waals surface area contributed by atoms with Crippen LogP contribution in [0.15, 0.2) is 40.5 Å². The first-order valence-electron chi connectivity index (χ1n) is 6.94. The highest BCUT2D eigenvalue weighted by Gasteiger charge is 2.28. The van der Waals surface area contributed by atoms with Gasteiger partial charge in [0, 0.05) is 12.1 Å². The van der Waals surface area contributed by atoms with Crippen molar-refractivity contribution >= 4 is 29.4 Å². The normalized spacial score (nSPS) is 16.1. The van der Waals surface area contributed by atoms with E-state index in [0.29, 0.717) is 17.1 Å². The van der Waals surface area contributed by atoms with Gasteiger partial charge in [0.15, 0.2) is 5.76 Å². The molecule has 1 aromatic heterocycles. The molecule has 6 heteroatoms. The fraction of sp³-hybridized carbons (Fsp3) is 0.176. The third-order valence-electron chi connectivity index (χ3n) is 3.22. The van der Waals surface area contributed by atoms with Gasteiger partial charge in [-0.2, -0.15) is 0 Å². The molecule has 23 heavy (non-hydrogen) atoms. The number of halogens is 1. The van der Waals surface area contributed by atoms with Crippen molar-refractivity contribution in [3.05, 3.63) is 53.2 Å². The van der Waals surface area contributed by atoms with Crippen molar-refractivity contribution < 1.29 is 23.5 Å². The van der Waals surface area contributed by atoms with Gasteiger partial charge < -0.3 is 13.9 Å². The third kappa shape index (κ3) is 3.14. The van der Waals surface area contributed by atoms with E-state index in [1.165, 1.54) is 25.1 Å². The molecule has 0 bridgehead atoms. The quantitative estimate of drug-likeness (QED) is 0.371. The highest BCUT2D eigenvalue weighted by molar-refractivity contribution is 6.29. The lowest BCUT2D eigenvalue weighted by Crippen LogP contribution is -2.17. The van der Waals surface area contributed by atoms with E-state index in [4.69, 9.17) is 25.5 Å². The number of carbonyl (C=O) groups is 2. The predicted octanol–water partition coefficient (Wildman–Crippen LogP) is 3.74. The molecule has 0 fully saturated rings. The van der Waals surface area contributed by atoms with Crippen LogP contribution in [0.25, 0.3) is 6.08 Å². The first-order valence-corrected chi connectivity index (χ1v) is 7.38.